The van der Waals surface area contributed by atoms with E-state index < -0.39 is 0 Å². The van der Waals surface area contributed by atoms with Gasteiger partial charge in [-0.2, -0.15) is 5.10 Å². The highest BCUT2D eigenvalue weighted by Gasteiger charge is 2.08. The second-order valence-electron chi connectivity index (χ2n) is 4.68. The van der Waals surface area contributed by atoms with Gasteiger partial charge in [0.15, 0.2) is 5.96 Å². The molecule has 0 aliphatic rings. The zero-order chi connectivity index (χ0) is 15.2. The molecule has 0 aliphatic heterocycles. The molecule has 6 nitrogen and oxygen atoms in total. The first kappa shape index (κ1) is 18.9. The van der Waals surface area contributed by atoms with Crippen molar-refractivity contribution in [3.05, 3.63) is 46.5 Å². The lowest BCUT2D eigenvalue weighted by atomic mass is 10.2. The third kappa shape index (κ3) is 5.24. The van der Waals surface area contributed by atoms with E-state index >= 15 is 0 Å². The quantitative estimate of drug-likeness (QED) is 0.416. The van der Waals surface area contributed by atoms with Crippen molar-refractivity contribution in [1.29, 1.82) is 0 Å². The fourth-order valence-electron chi connectivity index (χ4n) is 1.96. The summed E-state index contributed by atoms with van der Waals surface area (Å²) >= 11 is 3.44. The maximum atomic E-state index is 4.30. The summed E-state index contributed by atoms with van der Waals surface area (Å²) in [5.41, 5.74) is 1.22. The van der Waals surface area contributed by atoms with Crippen LogP contribution < -0.4 is 5.32 Å². The van der Waals surface area contributed by atoms with Crippen molar-refractivity contribution in [3.8, 4) is 0 Å². The topological polar surface area (TPSA) is 58.3 Å². The van der Waals surface area contributed by atoms with Crippen molar-refractivity contribution in [1.82, 2.24) is 25.0 Å². The molecule has 0 fully saturated rings. The highest BCUT2D eigenvalue weighted by atomic mass is 127. The Kier molecular flexibility index (Phi) is 7.80. The Balaban J connectivity index is 0.00000242. The number of halogens is 2. The molecule has 0 atom stereocenters. The van der Waals surface area contributed by atoms with Gasteiger partial charge in [-0.15, -0.1) is 24.0 Å². The molecule has 22 heavy (non-hydrogen) atoms. The average Bonchev–Trinajstić information content (AvgIpc) is 2.88. The van der Waals surface area contributed by atoms with Gasteiger partial charge in [0.2, 0.25) is 0 Å². The third-order valence-electron chi connectivity index (χ3n) is 3.12. The van der Waals surface area contributed by atoms with Crippen LogP contribution in [-0.2, 0) is 20.1 Å². The van der Waals surface area contributed by atoms with E-state index in [1.54, 1.807) is 18.1 Å². The Morgan fingerprint density at radius 1 is 1.36 bits per heavy atom. The third-order valence-corrected chi connectivity index (χ3v) is 3.64. The van der Waals surface area contributed by atoms with Gasteiger partial charge in [-0.25, -0.2) is 4.98 Å². The largest absolute Gasteiger partial charge is 0.349 e. The van der Waals surface area contributed by atoms with Crippen molar-refractivity contribution in [2.24, 2.45) is 12.0 Å². The number of rotatable bonds is 4. The van der Waals surface area contributed by atoms with Crippen LogP contribution in [0.25, 0.3) is 0 Å². The van der Waals surface area contributed by atoms with E-state index in [9.17, 15) is 0 Å². The van der Waals surface area contributed by atoms with E-state index in [4.69, 9.17) is 0 Å². The lowest BCUT2D eigenvalue weighted by Crippen LogP contribution is -2.38. The standard InChI is InChI=1S/C14H19BrN6.HI/c1-16-14(17-8-13-18-10-19-21(13)3)20(2)9-11-4-6-12(15)7-5-11;/h4-7,10H,8-9H2,1-3H3,(H,16,17);1H. The minimum atomic E-state index is 0. The van der Waals surface area contributed by atoms with Gasteiger partial charge >= 0.3 is 0 Å². The predicted molar refractivity (Wildman–Crippen MR) is 102 cm³/mol. The summed E-state index contributed by atoms with van der Waals surface area (Å²) < 4.78 is 2.83. The lowest BCUT2D eigenvalue weighted by molar-refractivity contribution is 0.474. The fraction of sp³-hybridized carbons (Fsp3) is 0.357. The first-order valence-electron chi connectivity index (χ1n) is 6.59. The zero-order valence-corrected chi connectivity index (χ0v) is 16.7. The highest BCUT2D eigenvalue weighted by Crippen LogP contribution is 2.11. The second-order valence-corrected chi connectivity index (χ2v) is 5.60. The maximum absolute atomic E-state index is 4.30. The van der Waals surface area contributed by atoms with Crippen molar-refractivity contribution in [3.63, 3.8) is 0 Å². The summed E-state index contributed by atoms with van der Waals surface area (Å²) in [6.45, 7) is 1.37. The van der Waals surface area contributed by atoms with Crippen molar-refractivity contribution in [2.75, 3.05) is 14.1 Å². The van der Waals surface area contributed by atoms with Gasteiger partial charge in [0.1, 0.15) is 12.2 Å². The molecule has 1 aromatic carbocycles. The molecular weight excluding hydrogens is 459 g/mol. The Morgan fingerprint density at radius 3 is 2.59 bits per heavy atom. The molecule has 1 N–H and O–H groups in total. The average molecular weight is 479 g/mol. The number of guanidine groups is 1. The van der Waals surface area contributed by atoms with Crippen LogP contribution in [0, 0.1) is 0 Å². The molecule has 0 saturated carbocycles. The predicted octanol–water partition coefficient (Wildman–Crippen LogP) is 2.40. The summed E-state index contributed by atoms with van der Waals surface area (Å²) in [7, 11) is 5.66. The van der Waals surface area contributed by atoms with E-state index in [0.717, 1.165) is 22.8 Å². The van der Waals surface area contributed by atoms with Gasteiger partial charge in [0, 0.05) is 32.2 Å². The van der Waals surface area contributed by atoms with Crippen LogP contribution in [0.3, 0.4) is 0 Å². The van der Waals surface area contributed by atoms with Gasteiger partial charge in [-0.1, -0.05) is 28.1 Å². The molecule has 0 radical (unpaired) electrons. The molecule has 8 heteroatoms. The highest BCUT2D eigenvalue weighted by molar-refractivity contribution is 14.0. The molecule has 2 aromatic rings. The summed E-state index contributed by atoms with van der Waals surface area (Å²) in [6, 6.07) is 8.27. The van der Waals surface area contributed by atoms with Crippen LogP contribution in [0.4, 0.5) is 0 Å². The van der Waals surface area contributed by atoms with Gasteiger partial charge in [0.25, 0.3) is 0 Å². The number of benzene rings is 1. The zero-order valence-electron chi connectivity index (χ0n) is 12.8. The maximum Gasteiger partial charge on any atom is 0.194 e. The van der Waals surface area contributed by atoms with Crippen LogP contribution in [-0.4, -0.2) is 39.7 Å². The molecule has 0 saturated heterocycles. The summed E-state index contributed by atoms with van der Waals surface area (Å²) in [4.78, 5) is 10.6. The number of aliphatic imine (C=N–C) groups is 1. The molecule has 2 rings (SSSR count). The normalized spacial score (nSPS) is 11.0. The number of nitrogens with zero attached hydrogens (tertiary/aromatic N) is 5. The molecule has 1 heterocycles. The Morgan fingerprint density at radius 2 is 2.05 bits per heavy atom. The molecule has 0 bridgehead atoms. The Hall–Kier alpha value is -1.16. The van der Waals surface area contributed by atoms with Crippen LogP contribution in [0.2, 0.25) is 0 Å². The van der Waals surface area contributed by atoms with E-state index in [0.29, 0.717) is 6.54 Å². The van der Waals surface area contributed by atoms with Crippen LogP contribution in [0.1, 0.15) is 11.4 Å². The minimum absolute atomic E-state index is 0. The van der Waals surface area contributed by atoms with E-state index in [2.05, 4.69) is 53.4 Å². The van der Waals surface area contributed by atoms with E-state index in [1.807, 2.05) is 26.2 Å². The number of hydrogen-bond donors (Lipinski definition) is 1. The second kappa shape index (κ2) is 9.09. The fourth-order valence-corrected chi connectivity index (χ4v) is 2.23. The molecule has 120 valence electrons. The van der Waals surface area contributed by atoms with Gasteiger partial charge in [-0.3, -0.25) is 9.67 Å². The summed E-state index contributed by atoms with van der Waals surface area (Å²) in [5, 5.41) is 7.34. The monoisotopic (exact) mass is 478 g/mol. The van der Waals surface area contributed by atoms with E-state index in [1.165, 1.54) is 5.56 Å². The van der Waals surface area contributed by atoms with Crippen LogP contribution >= 0.6 is 39.9 Å². The van der Waals surface area contributed by atoms with Crippen molar-refractivity contribution < 1.29 is 0 Å². The molecular formula is C14H20BrIN6. The Bertz CT molecular complexity index is 610. The number of hydrogen-bond acceptors (Lipinski definition) is 3. The molecule has 0 spiro atoms. The first-order chi connectivity index (χ1) is 10.1. The van der Waals surface area contributed by atoms with Gasteiger partial charge in [0.05, 0.1) is 6.54 Å². The SMILES string of the molecule is CN=C(NCc1ncnn1C)N(C)Cc1ccc(Br)cc1.I. The summed E-state index contributed by atoms with van der Waals surface area (Å²) in [6.07, 6.45) is 1.55. The van der Waals surface area contributed by atoms with Crippen LogP contribution in [0.15, 0.2) is 40.1 Å². The molecule has 1 aromatic heterocycles. The van der Waals surface area contributed by atoms with Gasteiger partial charge in [-0.05, 0) is 17.7 Å². The smallest absolute Gasteiger partial charge is 0.194 e. The summed E-state index contributed by atoms with van der Waals surface area (Å²) in [5.74, 6) is 1.69. The van der Waals surface area contributed by atoms with E-state index in [-0.39, 0.29) is 24.0 Å². The molecule has 0 unspecified atom stereocenters. The lowest BCUT2D eigenvalue weighted by Gasteiger charge is -2.22. The number of aryl methyl sites for hydroxylation is 1. The number of nitrogens with one attached hydrogen (secondary N) is 1. The van der Waals surface area contributed by atoms with Gasteiger partial charge < -0.3 is 10.2 Å². The minimum Gasteiger partial charge on any atom is -0.349 e. The number of aromatic nitrogens is 3. The Labute approximate surface area is 156 Å². The molecule has 0 amide bonds. The van der Waals surface area contributed by atoms with Crippen LogP contribution in [0.5, 0.6) is 0 Å². The van der Waals surface area contributed by atoms with Crippen molar-refractivity contribution >= 4 is 45.9 Å². The van der Waals surface area contributed by atoms with Crippen molar-refractivity contribution in [2.45, 2.75) is 13.1 Å². The first-order valence-corrected chi connectivity index (χ1v) is 7.38. The molecule has 0 aliphatic carbocycles.